The zero-order chi connectivity index (χ0) is 19.4. The van der Waals surface area contributed by atoms with Crippen LogP contribution in [-0.4, -0.2) is 67.4 Å². The fourth-order valence-electron chi connectivity index (χ4n) is 3.17. The van der Waals surface area contributed by atoms with E-state index in [2.05, 4.69) is 10.6 Å². The van der Waals surface area contributed by atoms with Crippen molar-refractivity contribution in [1.29, 1.82) is 0 Å². The maximum absolute atomic E-state index is 12.5. The van der Waals surface area contributed by atoms with Gasteiger partial charge in [-0.1, -0.05) is 0 Å². The summed E-state index contributed by atoms with van der Waals surface area (Å²) in [6, 6.07) is 5.21. The molecule has 1 aromatic carbocycles. The van der Waals surface area contributed by atoms with Crippen LogP contribution in [0.5, 0.6) is 5.75 Å². The number of anilines is 2. The van der Waals surface area contributed by atoms with Crippen LogP contribution in [-0.2, 0) is 14.4 Å². The van der Waals surface area contributed by atoms with E-state index < -0.39 is 0 Å². The van der Waals surface area contributed by atoms with Crippen LogP contribution >= 0.6 is 0 Å². The lowest BCUT2D eigenvalue weighted by Crippen LogP contribution is -2.52. The van der Waals surface area contributed by atoms with E-state index >= 15 is 0 Å². The molecule has 8 nitrogen and oxygen atoms in total. The molecule has 1 saturated carbocycles. The third kappa shape index (κ3) is 4.90. The van der Waals surface area contributed by atoms with E-state index in [-0.39, 0.29) is 30.2 Å². The van der Waals surface area contributed by atoms with E-state index in [9.17, 15) is 14.4 Å². The van der Waals surface area contributed by atoms with Gasteiger partial charge in [0.1, 0.15) is 5.75 Å². The third-order valence-electron chi connectivity index (χ3n) is 4.82. The van der Waals surface area contributed by atoms with Crippen LogP contribution in [0.25, 0.3) is 0 Å². The Labute approximate surface area is 158 Å². The number of benzene rings is 1. The Balaban J connectivity index is 1.52. The smallest absolute Gasteiger partial charge is 0.241 e. The van der Waals surface area contributed by atoms with E-state index in [1.54, 1.807) is 30.2 Å². The van der Waals surface area contributed by atoms with Crippen LogP contribution in [0, 0.1) is 5.92 Å². The van der Waals surface area contributed by atoms with Gasteiger partial charge in [0.2, 0.25) is 17.7 Å². The Hall–Kier alpha value is -2.77. The molecule has 0 spiro atoms. The second-order valence-corrected chi connectivity index (χ2v) is 6.93. The summed E-state index contributed by atoms with van der Waals surface area (Å²) in [7, 11) is 1.55. The summed E-state index contributed by atoms with van der Waals surface area (Å²) in [5.74, 6) is 0.857. The van der Waals surface area contributed by atoms with Gasteiger partial charge in [-0.15, -0.1) is 0 Å². The van der Waals surface area contributed by atoms with Crippen molar-refractivity contribution in [1.82, 2.24) is 9.80 Å². The molecule has 27 heavy (non-hydrogen) atoms. The molecule has 2 aliphatic rings. The first-order valence-electron chi connectivity index (χ1n) is 9.24. The highest BCUT2D eigenvalue weighted by atomic mass is 16.5. The molecule has 0 aromatic heterocycles. The number of carbonyl (C=O) groups is 3. The van der Waals surface area contributed by atoms with E-state index in [0.717, 1.165) is 12.8 Å². The van der Waals surface area contributed by atoms with E-state index in [1.807, 2.05) is 4.90 Å². The molecule has 0 bridgehead atoms. The van der Waals surface area contributed by atoms with Crippen LogP contribution in [0.4, 0.5) is 11.4 Å². The molecule has 1 aliphatic carbocycles. The van der Waals surface area contributed by atoms with Gasteiger partial charge in [0.15, 0.2) is 0 Å². The van der Waals surface area contributed by atoms with Gasteiger partial charge in [-0.25, -0.2) is 0 Å². The van der Waals surface area contributed by atoms with E-state index in [4.69, 9.17) is 4.74 Å². The molecule has 3 amide bonds. The summed E-state index contributed by atoms with van der Waals surface area (Å²) in [5.41, 5.74) is 1.27. The number of methoxy groups -OCH3 is 1. The van der Waals surface area contributed by atoms with Gasteiger partial charge < -0.3 is 25.2 Å². The largest absolute Gasteiger partial charge is 0.495 e. The fourth-order valence-corrected chi connectivity index (χ4v) is 3.17. The average molecular weight is 374 g/mol. The first-order chi connectivity index (χ1) is 13.0. The zero-order valence-corrected chi connectivity index (χ0v) is 15.8. The number of hydrogen-bond donors (Lipinski definition) is 2. The lowest BCUT2D eigenvalue weighted by atomic mass is 10.2. The zero-order valence-electron chi connectivity index (χ0n) is 15.8. The quantitative estimate of drug-likeness (QED) is 0.779. The number of piperazine rings is 1. The summed E-state index contributed by atoms with van der Waals surface area (Å²) in [6.07, 6.45) is 2.00. The first kappa shape index (κ1) is 19.0. The number of ether oxygens (including phenoxy) is 1. The van der Waals surface area contributed by atoms with Gasteiger partial charge in [0.25, 0.3) is 0 Å². The van der Waals surface area contributed by atoms with Crippen LogP contribution in [0.2, 0.25) is 0 Å². The minimum absolute atomic E-state index is 0.0273. The van der Waals surface area contributed by atoms with Crippen molar-refractivity contribution >= 4 is 29.1 Å². The molecule has 8 heteroatoms. The number of amides is 3. The Bertz CT molecular complexity index is 724. The van der Waals surface area contributed by atoms with Gasteiger partial charge in [-0.3, -0.25) is 14.4 Å². The highest BCUT2D eigenvalue weighted by molar-refractivity contribution is 5.90. The highest BCUT2D eigenvalue weighted by Gasteiger charge is 2.35. The van der Waals surface area contributed by atoms with Crippen molar-refractivity contribution in [2.24, 2.45) is 5.92 Å². The number of hydrogen-bond acceptors (Lipinski definition) is 5. The predicted octanol–water partition coefficient (Wildman–Crippen LogP) is 1.15. The molecule has 0 atom stereocenters. The molecular formula is C19H26N4O4. The molecule has 0 unspecified atom stereocenters. The Kier molecular flexibility index (Phi) is 5.83. The van der Waals surface area contributed by atoms with Crippen LogP contribution < -0.4 is 15.4 Å². The van der Waals surface area contributed by atoms with Crippen molar-refractivity contribution in [2.75, 3.05) is 50.5 Å². The second kappa shape index (κ2) is 8.28. The summed E-state index contributed by atoms with van der Waals surface area (Å²) >= 11 is 0. The predicted molar refractivity (Wildman–Crippen MR) is 102 cm³/mol. The molecule has 1 saturated heterocycles. The van der Waals surface area contributed by atoms with Gasteiger partial charge in [-0.2, -0.15) is 0 Å². The van der Waals surface area contributed by atoms with Crippen LogP contribution in [0.3, 0.4) is 0 Å². The summed E-state index contributed by atoms with van der Waals surface area (Å²) < 4.78 is 5.31. The lowest BCUT2D eigenvalue weighted by Gasteiger charge is -2.35. The summed E-state index contributed by atoms with van der Waals surface area (Å²) in [5, 5.41) is 5.80. The Morgan fingerprint density at radius 3 is 2.37 bits per heavy atom. The SMILES string of the molecule is COc1ccc(NC(C)=O)cc1NCC(=O)N1CCN(C(=O)C2CC2)CC1. The standard InChI is InChI=1S/C19H26N4O4/c1-13(24)21-15-5-6-17(27-2)16(11-15)20-12-18(25)22-7-9-23(10-8-22)19(26)14-3-4-14/h5-6,11,14,20H,3-4,7-10,12H2,1-2H3,(H,21,24). The second-order valence-electron chi connectivity index (χ2n) is 6.93. The van der Waals surface area contributed by atoms with Gasteiger partial charge in [0, 0.05) is 44.7 Å². The van der Waals surface area contributed by atoms with E-state index in [1.165, 1.54) is 6.92 Å². The maximum atomic E-state index is 12.5. The first-order valence-corrected chi connectivity index (χ1v) is 9.24. The molecule has 1 aromatic rings. The third-order valence-corrected chi connectivity index (χ3v) is 4.82. The topological polar surface area (TPSA) is 91.0 Å². The van der Waals surface area contributed by atoms with E-state index in [0.29, 0.717) is 43.3 Å². The van der Waals surface area contributed by atoms with Gasteiger partial charge in [-0.05, 0) is 31.0 Å². The van der Waals surface area contributed by atoms with Crippen LogP contribution in [0.1, 0.15) is 19.8 Å². The number of nitrogens with zero attached hydrogens (tertiary/aromatic N) is 2. The maximum Gasteiger partial charge on any atom is 0.241 e. The average Bonchev–Trinajstić information content (AvgIpc) is 3.50. The van der Waals surface area contributed by atoms with Crippen molar-refractivity contribution in [3.63, 3.8) is 0 Å². The Morgan fingerprint density at radius 2 is 1.78 bits per heavy atom. The highest BCUT2D eigenvalue weighted by Crippen LogP contribution is 2.31. The molecule has 2 fully saturated rings. The molecule has 0 radical (unpaired) electrons. The lowest BCUT2D eigenvalue weighted by molar-refractivity contribution is -0.139. The molecular weight excluding hydrogens is 348 g/mol. The summed E-state index contributed by atoms with van der Waals surface area (Å²) in [4.78, 5) is 39.5. The molecule has 1 heterocycles. The fraction of sp³-hybridized carbons (Fsp3) is 0.526. The van der Waals surface area contributed by atoms with Crippen molar-refractivity contribution in [2.45, 2.75) is 19.8 Å². The van der Waals surface area contributed by atoms with Crippen molar-refractivity contribution in [3.05, 3.63) is 18.2 Å². The molecule has 1 aliphatic heterocycles. The van der Waals surface area contributed by atoms with Crippen molar-refractivity contribution < 1.29 is 19.1 Å². The van der Waals surface area contributed by atoms with Gasteiger partial charge >= 0.3 is 0 Å². The minimum Gasteiger partial charge on any atom is -0.495 e. The van der Waals surface area contributed by atoms with Crippen molar-refractivity contribution in [3.8, 4) is 5.75 Å². The molecule has 3 rings (SSSR count). The number of rotatable bonds is 6. The molecule has 146 valence electrons. The number of nitrogens with one attached hydrogen (secondary N) is 2. The minimum atomic E-state index is -0.166. The number of carbonyl (C=O) groups excluding carboxylic acids is 3. The molecule has 2 N–H and O–H groups in total. The van der Waals surface area contributed by atoms with Gasteiger partial charge in [0.05, 0.1) is 19.3 Å². The normalized spacial score (nSPS) is 16.7. The summed E-state index contributed by atoms with van der Waals surface area (Å²) in [6.45, 7) is 3.87. The van der Waals surface area contributed by atoms with Crippen LogP contribution in [0.15, 0.2) is 18.2 Å². The monoisotopic (exact) mass is 374 g/mol. The Morgan fingerprint density at radius 1 is 1.11 bits per heavy atom.